The lowest BCUT2D eigenvalue weighted by atomic mass is 10.3. The number of anilines is 2. The second-order valence-corrected chi connectivity index (χ2v) is 6.31. The summed E-state index contributed by atoms with van der Waals surface area (Å²) >= 11 is 5.96. The van der Waals surface area contributed by atoms with Crippen molar-refractivity contribution in [3.05, 3.63) is 53.1 Å². The molecule has 0 aliphatic rings. The van der Waals surface area contributed by atoms with Gasteiger partial charge in [-0.3, -0.25) is 0 Å². The second-order valence-electron chi connectivity index (χ2n) is 5.87. The largest absolute Gasteiger partial charge is 0.338 e. The van der Waals surface area contributed by atoms with E-state index in [0.717, 1.165) is 22.7 Å². The summed E-state index contributed by atoms with van der Waals surface area (Å²) in [6.45, 7) is 3.92. The molecule has 7 nitrogen and oxygen atoms in total. The molecular formula is C17H17Cl2N7. The normalized spacial score (nSPS) is 10.8. The van der Waals surface area contributed by atoms with Gasteiger partial charge in [-0.25, -0.2) is 9.67 Å². The van der Waals surface area contributed by atoms with E-state index in [2.05, 4.69) is 25.4 Å². The SMILES string of the molecule is Cc1cc(C)n(-c2nc(Nc3ccc(Cl)cc3)c3ncn(C)c3n2)n1.Cl. The van der Waals surface area contributed by atoms with Crippen molar-refractivity contribution in [2.24, 2.45) is 7.05 Å². The number of benzene rings is 1. The Morgan fingerprint density at radius 1 is 1.08 bits per heavy atom. The Balaban J connectivity index is 0.00000196. The molecular weight excluding hydrogens is 373 g/mol. The van der Waals surface area contributed by atoms with Crippen LogP contribution in [0.25, 0.3) is 17.1 Å². The number of aryl methyl sites for hydroxylation is 3. The van der Waals surface area contributed by atoms with E-state index in [9.17, 15) is 0 Å². The number of fused-ring (bicyclic) bond motifs is 1. The van der Waals surface area contributed by atoms with E-state index in [-0.39, 0.29) is 12.4 Å². The van der Waals surface area contributed by atoms with Crippen LogP contribution in [0.1, 0.15) is 11.4 Å². The molecule has 4 aromatic rings. The standard InChI is InChI=1S/C17H16ClN7.ClH/c1-10-8-11(2)25(23-10)17-21-15(14-16(22-17)24(3)9-19-14)20-13-6-4-12(18)5-7-13;/h4-9H,1-3H3,(H,20,21,22);1H. The average molecular weight is 390 g/mol. The fourth-order valence-electron chi connectivity index (χ4n) is 2.68. The Hall–Kier alpha value is -2.64. The number of halogens is 2. The van der Waals surface area contributed by atoms with Gasteiger partial charge in [0.25, 0.3) is 5.95 Å². The Morgan fingerprint density at radius 2 is 1.81 bits per heavy atom. The van der Waals surface area contributed by atoms with Crippen molar-refractivity contribution < 1.29 is 0 Å². The minimum absolute atomic E-state index is 0. The maximum Gasteiger partial charge on any atom is 0.254 e. The van der Waals surface area contributed by atoms with Crippen molar-refractivity contribution in [1.29, 1.82) is 0 Å². The lowest BCUT2D eigenvalue weighted by Gasteiger charge is -2.09. The predicted molar refractivity (Wildman–Crippen MR) is 105 cm³/mol. The number of aromatic nitrogens is 6. The van der Waals surface area contributed by atoms with Crippen molar-refractivity contribution in [1.82, 2.24) is 29.3 Å². The molecule has 9 heteroatoms. The molecule has 1 N–H and O–H groups in total. The summed E-state index contributed by atoms with van der Waals surface area (Å²) < 4.78 is 3.59. The number of imidazole rings is 1. The molecule has 0 aliphatic heterocycles. The summed E-state index contributed by atoms with van der Waals surface area (Å²) in [5, 5.41) is 8.46. The number of hydrogen-bond donors (Lipinski definition) is 1. The van der Waals surface area contributed by atoms with E-state index in [1.807, 2.05) is 55.8 Å². The molecule has 0 amide bonds. The number of nitrogens with zero attached hydrogens (tertiary/aromatic N) is 6. The third-order valence-corrected chi connectivity index (χ3v) is 4.11. The smallest absolute Gasteiger partial charge is 0.254 e. The molecule has 0 aliphatic carbocycles. The minimum Gasteiger partial charge on any atom is -0.338 e. The number of hydrogen-bond acceptors (Lipinski definition) is 5. The number of nitrogens with one attached hydrogen (secondary N) is 1. The molecule has 1 aromatic carbocycles. The minimum atomic E-state index is 0. The Morgan fingerprint density at radius 3 is 2.46 bits per heavy atom. The van der Waals surface area contributed by atoms with Gasteiger partial charge in [0.15, 0.2) is 17.0 Å². The molecule has 134 valence electrons. The van der Waals surface area contributed by atoms with E-state index in [1.165, 1.54) is 0 Å². The van der Waals surface area contributed by atoms with Gasteiger partial charge in [-0.2, -0.15) is 15.1 Å². The summed E-state index contributed by atoms with van der Waals surface area (Å²) in [6.07, 6.45) is 1.72. The van der Waals surface area contributed by atoms with E-state index in [4.69, 9.17) is 11.6 Å². The average Bonchev–Trinajstić information content (AvgIpc) is 3.12. The van der Waals surface area contributed by atoms with Crippen LogP contribution in [0.5, 0.6) is 0 Å². The van der Waals surface area contributed by atoms with Crippen molar-refractivity contribution in [3.8, 4) is 5.95 Å². The fraction of sp³-hybridized carbons (Fsp3) is 0.176. The highest BCUT2D eigenvalue weighted by molar-refractivity contribution is 6.30. The van der Waals surface area contributed by atoms with Gasteiger partial charge >= 0.3 is 0 Å². The molecule has 3 aromatic heterocycles. The molecule has 4 rings (SSSR count). The quantitative estimate of drug-likeness (QED) is 0.573. The summed E-state index contributed by atoms with van der Waals surface area (Å²) in [5.74, 6) is 1.12. The van der Waals surface area contributed by atoms with Crippen molar-refractivity contribution in [2.45, 2.75) is 13.8 Å². The van der Waals surface area contributed by atoms with Crippen LogP contribution in [0.2, 0.25) is 5.02 Å². The van der Waals surface area contributed by atoms with E-state index < -0.39 is 0 Å². The molecule has 0 spiro atoms. The van der Waals surface area contributed by atoms with Gasteiger partial charge in [0, 0.05) is 23.5 Å². The molecule has 0 unspecified atom stereocenters. The third-order valence-electron chi connectivity index (χ3n) is 3.85. The monoisotopic (exact) mass is 389 g/mol. The molecule has 0 fully saturated rings. The Bertz CT molecular complexity index is 1070. The maximum absolute atomic E-state index is 5.96. The van der Waals surface area contributed by atoms with Gasteiger partial charge in [-0.1, -0.05) is 11.6 Å². The lowest BCUT2D eigenvalue weighted by molar-refractivity contribution is 0.776. The van der Waals surface area contributed by atoms with Crippen molar-refractivity contribution in [3.63, 3.8) is 0 Å². The van der Waals surface area contributed by atoms with Gasteiger partial charge in [0.05, 0.1) is 12.0 Å². The molecule has 0 saturated heterocycles. The van der Waals surface area contributed by atoms with Crippen LogP contribution in [-0.4, -0.2) is 29.3 Å². The Kier molecular flexibility index (Phi) is 4.84. The first-order valence-corrected chi connectivity index (χ1v) is 8.14. The van der Waals surface area contributed by atoms with E-state index in [0.29, 0.717) is 22.3 Å². The first-order valence-electron chi connectivity index (χ1n) is 7.76. The fourth-order valence-corrected chi connectivity index (χ4v) is 2.80. The first kappa shape index (κ1) is 18.2. The molecule has 0 radical (unpaired) electrons. The topological polar surface area (TPSA) is 73.5 Å². The summed E-state index contributed by atoms with van der Waals surface area (Å²) in [6, 6.07) is 9.42. The highest BCUT2D eigenvalue weighted by Crippen LogP contribution is 2.24. The summed E-state index contributed by atoms with van der Waals surface area (Å²) in [4.78, 5) is 13.7. The lowest BCUT2D eigenvalue weighted by Crippen LogP contribution is -2.08. The van der Waals surface area contributed by atoms with Gasteiger partial charge in [-0.05, 0) is 44.2 Å². The van der Waals surface area contributed by atoms with Crippen LogP contribution in [0.4, 0.5) is 11.5 Å². The second kappa shape index (κ2) is 6.93. The van der Waals surface area contributed by atoms with Crippen LogP contribution < -0.4 is 5.32 Å². The van der Waals surface area contributed by atoms with Gasteiger partial charge in [-0.15, -0.1) is 12.4 Å². The van der Waals surface area contributed by atoms with Gasteiger partial charge in [0.2, 0.25) is 0 Å². The molecule has 0 bridgehead atoms. The molecule has 0 atom stereocenters. The zero-order chi connectivity index (χ0) is 17.6. The van der Waals surface area contributed by atoms with Crippen LogP contribution in [-0.2, 0) is 7.05 Å². The highest BCUT2D eigenvalue weighted by atomic mass is 35.5. The number of rotatable bonds is 3. The van der Waals surface area contributed by atoms with Gasteiger partial charge < -0.3 is 9.88 Å². The van der Waals surface area contributed by atoms with Crippen LogP contribution in [0, 0.1) is 13.8 Å². The first-order chi connectivity index (χ1) is 12.0. The van der Waals surface area contributed by atoms with Crippen LogP contribution in [0.15, 0.2) is 36.7 Å². The molecule has 0 saturated carbocycles. The van der Waals surface area contributed by atoms with Crippen molar-refractivity contribution in [2.75, 3.05) is 5.32 Å². The van der Waals surface area contributed by atoms with E-state index >= 15 is 0 Å². The summed E-state index contributed by atoms with van der Waals surface area (Å²) in [7, 11) is 1.90. The van der Waals surface area contributed by atoms with Gasteiger partial charge in [0.1, 0.15) is 0 Å². The predicted octanol–water partition coefficient (Wildman–Crippen LogP) is 3.98. The molecule has 26 heavy (non-hydrogen) atoms. The summed E-state index contributed by atoms with van der Waals surface area (Å²) in [5.41, 5.74) is 4.18. The van der Waals surface area contributed by atoms with Crippen molar-refractivity contribution >= 4 is 46.7 Å². The van der Waals surface area contributed by atoms with Crippen LogP contribution in [0.3, 0.4) is 0 Å². The van der Waals surface area contributed by atoms with Crippen LogP contribution >= 0.6 is 24.0 Å². The molecule has 3 heterocycles. The zero-order valence-electron chi connectivity index (χ0n) is 14.4. The third kappa shape index (κ3) is 3.23. The highest BCUT2D eigenvalue weighted by Gasteiger charge is 2.15. The maximum atomic E-state index is 5.96. The Labute approximate surface area is 161 Å². The zero-order valence-corrected chi connectivity index (χ0v) is 16.0. The van der Waals surface area contributed by atoms with E-state index in [1.54, 1.807) is 11.0 Å².